The summed E-state index contributed by atoms with van der Waals surface area (Å²) in [4.78, 5) is 4.13. The third kappa shape index (κ3) is 3.76. The first kappa shape index (κ1) is 20.0. The number of nitrogens with two attached hydrogens (primary N) is 2. The van der Waals surface area contributed by atoms with Gasteiger partial charge in [-0.05, 0) is 43.2 Å². The van der Waals surface area contributed by atoms with Crippen molar-refractivity contribution < 1.29 is 17.7 Å². The Morgan fingerprint density at radius 3 is 2.50 bits per heavy atom. The number of benzene rings is 2. The lowest BCUT2D eigenvalue weighted by molar-refractivity contribution is 0.406. The largest absolute Gasteiger partial charge is 0.393 e. The molecule has 156 valence electrons. The Hall–Kier alpha value is -3.33. The Balaban J connectivity index is 1.78. The lowest BCUT2D eigenvalue weighted by atomic mass is 10.0. The maximum absolute atomic E-state index is 14.3. The monoisotopic (exact) mass is 415 g/mol. The number of para-hydroxylation sites is 1. The van der Waals surface area contributed by atoms with Crippen molar-refractivity contribution in [3.05, 3.63) is 71.5 Å². The van der Waals surface area contributed by atoms with E-state index >= 15 is 0 Å². The second-order valence-electron chi connectivity index (χ2n) is 7.15. The molecular formula is C21H20F3N5O. The molecule has 0 aliphatic heterocycles. The zero-order valence-electron chi connectivity index (χ0n) is 16.0. The molecule has 3 aromatic rings. The predicted molar refractivity (Wildman–Crippen MR) is 106 cm³/mol. The first-order chi connectivity index (χ1) is 14.5. The van der Waals surface area contributed by atoms with Gasteiger partial charge in [-0.3, -0.25) is 5.01 Å². The number of hydrazine groups is 1. The molecular weight excluding hydrogens is 395 g/mol. The first-order valence-corrected chi connectivity index (χ1v) is 9.54. The minimum atomic E-state index is -0.700. The van der Waals surface area contributed by atoms with Crippen LogP contribution in [0.1, 0.15) is 31.6 Å². The van der Waals surface area contributed by atoms with E-state index in [9.17, 15) is 13.2 Å². The number of rotatable bonds is 5. The zero-order chi connectivity index (χ0) is 21.3. The lowest BCUT2D eigenvalue weighted by Crippen LogP contribution is -2.36. The molecule has 0 spiro atoms. The molecule has 9 heteroatoms. The summed E-state index contributed by atoms with van der Waals surface area (Å²) in [5, 5.41) is 4.93. The minimum Gasteiger partial charge on any atom is -0.393 e. The molecule has 1 fully saturated rings. The fourth-order valence-corrected chi connectivity index (χ4v) is 3.74. The van der Waals surface area contributed by atoms with Crippen LogP contribution in [0, 0.1) is 23.4 Å². The molecule has 0 amide bonds. The van der Waals surface area contributed by atoms with Gasteiger partial charge in [0.15, 0.2) is 0 Å². The Kier molecular flexibility index (Phi) is 5.45. The molecule has 1 aliphatic rings. The Morgan fingerprint density at radius 2 is 1.77 bits per heavy atom. The van der Waals surface area contributed by atoms with Crippen molar-refractivity contribution in [3.8, 4) is 11.4 Å². The highest BCUT2D eigenvalue weighted by Crippen LogP contribution is 2.37. The lowest BCUT2D eigenvalue weighted by Gasteiger charge is -2.27. The molecule has 0 atom stereocenters. The van der Waals surface area contributed by atoms with E-state index < -0.39 is 17.5 Å². The average molecular weight is 415 g/mol. The third-order valence-electron chi connectivity index (χ3n) is 5.22. The van der Waals surface area contributed by atoms with Crippen molar-refractivity contribution in [1.82, 2.24) is 10.1 Å². The summed E-state index contributed by atoms with van der Waals surface area (Å²) in [7, 11) is 0. The van der Waals surface area contributed by atoms with Crippen LogP contribution < -0.4 is 16.6 Å². The highest BCUT2D eigenvalue weighted by molar-refractivity contribution is 5.68. The second-order valence-corrected chi connectivity index (χ2v) is 7.15. The summed E-state index contributed by atoms with van der Waals surface area (Å²) in [6.45, 7) is 0. The summed E-state index contributed by atoms with van der Waals surface area (Å²) < 4.78 is 47.1. The number of allylic oxidation sites excluding steroid dienone is 1. The van der Waals surface area contributed by atoms with Crippen LogP contribution >= 0.6 is 0 Å². The Bertz CT molecular complexity index is 1090. The fourth-order valence-electron chi connectivity index (χ4n) is 3.74. The van der Waals surface area contributed by atoms with Gasteiger partial charge in [0, 0.05) is 5.92 Å². The van der Waals surface area contributed by atoms with E-state index in [1.807, 2.05) is 0 Å². The standard InChI is InChI=1S/C21H20F3N5O/c22-13-9-10-15(23)14(11-13)20-27-21(30-28-20)18(25)19(12-5-1-2-6-12)29(26)17-8-4-3-7-16(17)24/h3-4,7-12H,1-2,5-6,25-26H2/b19-18-. The highest BCUT2D eigenvalue weighted by atomic mass is 19.1. The molecule has 6 nitrogen and oxygen atoms in total. The molecule has 30 heavy (non-hydrogen) atoms. The van der Waals surface area contributed by atoms with E-state index in [1.165, 1.54) is 11.1 Å². The second kappa shape index (κ2) is 8.19. The molecule has 0 radical (unpaired) electrons. The van der Waals surface area contributed by atoms with Crippen LogP contribution in [0.4, 0.5) is 18.9 Å². The van der Waals surface area contributed by atoms with Gasteiger partial charge in [-0.25, -0.2) is 19.0 Å². The predicted octanol–water partition coefficient (Wildman–Crippen LogP) is 4.35. The molecule has 0 unspecified atom stereocenters. The van der Waals surface area contributed by atoms with Crippen molar-refractivity contribution in [3.63, 3.8) is 0 Å². The number of nitrogens with zero attached hydrogens (tertiary/aromatic N) is 3. The van der Waals surface area contributed by atoms with Crippen LogP contribution in [0.2, 0.25) is 0 Å². The van der Waals surface area contributed by atoms with E-state index in [0.29, 0.717) is 5.70 Å². The van der Waals surface area contributed by atoms with Gasteiger partial charge in [0.2, 0.25) is 5.82 Å². The van der Waals surface area contributed by atoms with Crippen molar-refractivity contribution in [1.29, 1.82) is 0 Å². The van der Waals surface area contributed by atoms with Gasteiger partial charge in [-0.2, -0.15) is 4.98 Å². The van der Waals surface area contributed by atoms with E-state index in [-0.39, 0.29) is 34.6 Å². The average Bonchev–Trinajstić information content (AvgIpc) is 3.42. The van der Waals surface area contributed by atoms with Crippen LogP contribution in [0.25, 0.3) is 17.1 Å². The van der Waals surface area contributed by atoms with E-state index in [2.05, 4.69) is 10.1 Å². The van der Waals surface area contributed by atoms with Crippen LogP contribution in [0.3, 0.4) is 0 Å². The SMILES string of the molecule is N/C(=C(/C1CCCC1)N(N)c1ccccc1F)c1nc(-c2cc(F)ccc2F)no1. The quantitative estimate of drug-likeness (QED) is 0.475. The zero-order valence-corrected chi connectivity index (χ0v) is 16.0. The number of hydrogen-bond donors (Lipinski definition) is 2. The van der Waals surface area contributed by atoms with Crippen molar-refractivity contribution in [2.75, 3.05) is 5.01 Å². The molecule has 1 aromatic heterocycles. The van der Waals surface area contributed by atoms with E-state index in [0.717, 1.165) is 43.9 Å². The molecule has 0 saturated heterocycles. The summed E-state index contributed by atoms with van der Waals surface area (Å²) in [6, 6.07) is 9.01. The Labute approximate surface area is 170 Å². The molecule has 4 N–H and O–H groups in total. The van der Waals surface area contributed by atoms with Gasteiger partial charge >= 0.3 is 0 Å². The van der Waals surface area contributed by atoms with Gasteiger partial charge in [-0.15, -0.1) is 0 Å². The minimum absolute atomic E-state index is 0.0316. The normalized spacial score (nSPS) is 15.3. The third-order valence-corrected chi connectivity index (χ3v) is 5.22. The van der Waals surface area contributed by atoms with Gasteiger partial charge in [0.05, 0.1) is 16.9 Å². The maximum atomic E-state index is 14.3. The van der Waals surface area contributed by atoms with Crippen LogP contribution in [0.5, 0.6) is 0 Å². The van der Waals surface area contributed by atoms with Gasteiger partial charge in [0.25, 0.3) is 5.89 Å². The van der Waals surface area contributed by atoms with Crippen molar-refractivity contribution >= 4 is 11.4 Å². The van der Waals surface area contributed by atoms with Crippen molar-refractivity contribution in [2.45, 2.75) is 25.7 Å². The molecule has 2 aromatic carbocycles. The highest BCUT2D eigenvalue weighted by Gasteiger charge is 2.29. The van der Waals surface area contributed by atoms with E-state index in [1.54, 1.807) is 18.2 Å². The molecule has 4 rings (SSSR count). The van der Waals surface area contributed by atoms with Gasteiger partial charge in [0.1, 0.15) is 23.1 Å². The summed E-state index contributed by atoms with van der Waals surface area (Å²) in [6.07, 6.45) is 3.60. The fraction of sp³-hybridized carbons (Fsp3) is 0.238. The summed E-state index contributed by atoms with van der Waals surface area (Å²) >= 11 is 0. The summed E-state index contributed by atoms with van der Waals surface area (Å²) in [5.41, 5.74) is 6.86. The number of anilines is 1. The van der Waals surface area contributed by atoms with Crippen LogP contribution in [0.15, 0.2) is 52.7 Å². The van der Waals surface area contributed by atoms with Crippen LogP contribution in [-0.2, 0) is 0 Å². The Morgan fingerprint density at radius 1 is 1.03 bits per heavy atom. The maximum Gasteiger partial charge on any atom is 0.275 e. The topological polar surface area (TPSA) is 94.2 Å². The molecule has 1 aliphatic carbocycles. The summed E-state index contributed by atoms with van der Waals surface area (Å²) in [5.74, 6) is 4.16. The first-order valence-electron chi connectivity index (χ1n) is 9.54. The van der Waals surface area contributed by atoms with Crippen molar-refractivity contribution in [2.24, 2.45) is 17.5 Å². The van der Waals surface area contributed by atoms with Gasteiger partial charge in [-0.1, -0.05) is 30.1 Å². The molecule has 1 saturated carbocycles. The number of aromatic nitrogens is 2. The smallest absolute Gasteiger partial charge is 0.275 e. The van der Waals surface area contributed by atoms with E-state index in [4.69, 9.17) is 16.1 Å². The number of hydrogen-bond acceptors (Lipinski definition) is 6. The van der Waals surface area contributed by atoms with Gasteiger partial charge < -0.3 is 10.3 Å². The molecule has 0 bridgehead atoms. The van der Waals surface area contributed by atoms with Crippen LogP contribution in [-0.4, -0.2) is 10.1 Å². The number of halogens is 3. The molecule has 1 heterocycles.